The van der Waals surface area contributed by atoms with Crippen LogP contribution in [0.1, 0.15) is 26.7 Å². The number of hydrogen-bond donors (Lipinski definition) is 2. The van der Waals surface area contributed by atoms with Gasteiger partial charge in [-0.25, -0.2) is 0 Å². The molecule has 3 amide bonds. The minimum atomic E-state index is -1.39. The fraction of sp³-hybridized carbons (Fsp3) is 0.684. The van der Waals surface area contributed by atoms with E-state index in [9.17, 15) is 29.4 Å². The van der Waals surface area contributed by atoms with Crippen LogP contribution >= 0.6 is 11.8 Å². The summed E-state index contributed by atoms with van der Waals surface area (Å²) in [5.74, 6) is -3.36. The summed E-state index contributed by atoms with van der Waals surface area (Å²) in [6, 6.07) is -0.507. The number of aliphatic hydroxyl groups excluding tert-OH is 1. The summed E-state index contributed by atoms with van der Waals surface area (Å²) < 4.78 is 0. The Kier molecular flexibility index (Phi) is 6.77. The van der Waals surface area contributed by atoms with Gasteiger partial charge < -0.3 is 25.2 Å². The smallest absolute Gasteiger partial charge is 0.543 e. The predicted molar refractivity (Wildman–Crippen MR) is 101 cm³/mol. The molecule has 4 rings (SSSR count). The van der Waals surface area contributed by atoms with Crippen molar-refractivity contribution in [3.05, 3.63) is 10.6 Å². The first-order valence-corrected chi connectivity index (χ1v) is 10.7. The normalized spacial score (nSPS) is 36.7. The van der Waals surface area contributed by atoms with Gasteiger partial charge in [0.25, 0.3) is 0 Å². The summed E-state index contributed by atoms with van der Waals surface area (Å²) in [6.07, 6.45) is -0.0373. The molecule has 158 valence electrons. The Labute approximate surface area is 200 Å². The monoisotopic (exact) mass is 445 g/mol. The molecule has 0 saturated carbocycles. The Hall–Kier alpha value is -0.910. The molecule has 0 radical (unpaired) electrons. The summed E-state index contributed by atoms with van der Waals surface area (Å²) in [5.41, 5.74) is -0.0929. The second-order valence-electron chi connectivity index (χ2n) is 8.35. The van der Waals surface area contributed by atoms with Gasteiger partial charge in [0.1, 0.15) is 0 Å². The molecule has 4 aliphatic rings. The molecule has 4 aliphatic heterocycles. The van der Waals surface area contributed by atoms with Crippen molar-refractivity contribution >= 4 is 35.5 Å². The average Bonchev–Trinajstić information content (AvgIpc) is 3.27. The van der Waals surface area contributed by atoms with E-state index in [-0.39, 0.29) is 82.6 Å². The number of carboxylic acids is 1. The summed E-state index contributed by atoms with van der Waals surface area (Å²) in [6.45, 7) is 3.98. The fourth-order valence-corrected chi connectivity index (χ4v) is 6.57. The van der Waals surface area contributed by atoms with Gasteiger partial charge in [0.05, 0.1) is 35.6 Å². The number of carbonyl (C=O) groups excluding carboxylic acids is 4. The largest absolute Gasteiger partial charge is 1.00 e. The Morgan fingerprint density at radius 3 is 2.50 bits per heavy atom. The Bertz CT molecular complexity index is 833. The molecule has 0 spiro atoms. The van der Waals surface area contributed by atoms with Crippen LogP contribution in [0.2, 0.25) is 0 Å². The van der Waals surface area contributed by atoms with Gasteiger partial charge in [-0.1, -0.05) is 6.92 Å². The molecule has 2 N–H and O–H groups in total. The maximum atomic E-state index is 12.4. The zero-order valence-electron chi connectivity index (χ0n) is 17.5. The standard InChI is InChI=1S/C19H25N3O6S.Na/c1-7-14-13(8(2)23)18(26)22(14)15(19(27)28)16(7)29-9-4-11(20-6-9)10-5-12(24)21(3)17(10)25;/h7-11,13-14,20,23H,4-6H2,1-3H3,(H,27,28);/q;+1/p-1/t7-,8-,9+,10?,11+,13-,14-;/m1./s1. The molecule has 1 unspecified atom stereocenters. The van der Waals surface area contributed by atoms with E-state index >= 15 is 0 Å². The first-order chi connectivity index (χ1) is 13.6. The van der Waals surface area contributed by atoms with Crippen molar-refractivity contribution < 1.29 is 58.9 Å². The maximum Gasteiger partial charge on any atom is 1.00 e. The van der Waals surface area contributed by atoms with E-state index in [1.165, 1.54) is 23.7 Å². The van der Waals surface area contributed by atoms with E-state index < -0.39 is 23.9 Å². The van der Waals surface area contributed by atoms with Crippen LogP contribution in [-0.4, -0.2) is 75.6 Å². The first-order valence-electron chi connectivity index (χ1n) is 9.80. The number of β-lactam (4-membered cyclic amide) rings is 1. The van der Waals surface area contributed by atoms with Crippen LogP contribution in [0.25, 0.3) is 0 Å². The second kappa shape index (κ2) is 8.55. The Balaban J connectivity index is 0.00000256. The second-order valence-corrected chi connectivity index (χ2v) is 9.69. The van der Waals surface area contributed by atoms with E-state index in [0.29, 0.717) is 17.9 Å². The third-order valence-corrected chi connectivity index (χ3v) is 8.13. The van der Waals surface area contributed by atoms with E-state index in [0.717, 1.165) is 4.90 Å². The number of fused-ring (bicyclic) bond motifs is 1. The van der Waals surface area contributed by atoms with Crippen LogP contribution in [0.3, 0.4) is 0 Å². The summed E-state index contributed by atoms with van der Waals surface area (Å²) >= 11 is 1.40. The van der Waals surface area contributed by atoms with Crippen molar-refractivity contribution in [3.8, 4) is 0 Å². The van der Waals surface area contributed by atoms with Gasteiger partial charge in [0, 0.05) is 42.1 Å². The summed E-state index contributed by atoms with van der Waals surface area (Å²) in [5, 5.41) is 25.0. The van der Waals surface area contributed by atoms with Gasteiger partial charge >= 0.3 is 29.6 Å². The van der Waals surface area contributed by atoms with Gasteiger partial charge in [-0.3, -0.25) is 19.3 Å². The van der Waals surface area contributed by atoms with E-state index in [2.05, 4.69) is 5.32 Å². The number of aliphatic hydroxyl groups is 1. The van der Waals surface area contributed by atoms with Crippen molar-refractivity contribution in [2.45, 2.75) is 50.1 Å². The topological polar surface area (TPSA) is 130 Å². The van der Waals surface area contributed by atoms with Crippen molar-refractivity contribution in [2.75, 3.05) is 13.6 Å². The summed E-state index contributed by atoms with van der Waals surface area (Å²) in [7, 11) is 1.49. The molecule has 0 aromatic carbocycles. The maximum absolute atomic E-state index is 12.4. The molecule has 7 atom stereocenters. The van der Waals surface area contributed by atoms with Crippen molar-refractivity contribution in [1.29, 1.82) is 0 Å². The number of nitrogens with zero attached hydrogens (tertiary/aromatic N) is 2. The molecule has 0 aromatic heterocycles. The zero-order valence-corrected chi connectivity index (χ0v) is 20.3. The van der Waals surface area contributed by atoms with E-state index in [1.807, 2.05) is 6.92 Å². The van der Waals surface area contributed by atoms with Crippen LogP contribution < -0.4 is 40.0 Å². The SMILES string of the molecule is C[C@@H](O)[C@H]1C(=O)N2C(C(=O)[O-])=C(S[C@@H]3CN[C@H](C4CC(=O)N(C)C4=O)C3)[C@H](C)[C@H]12.[Na+]. The Morgan fingerprint density at radius 1 is 1.30 bits per heavy atom. The number of hydrogen-bond acceptors (Lipinski definition) is 8. The van der Waals surface area contributed by atoms with Gasteiger partial charge in [-0.05, 0) is 13.3 Å². The van der Waals surface area contributed by atoms with Crippen LogP contribution in [-0.2, 0) is 19.2 Å². The molecule has 3 saturated heterocycles. The quantitative estimate of drug-likeness (QED) is 0.245. The van der Waals surface area contributed by atoms with Gasteiger partial charge in [-0.15, -0.1) is 11.8 Å². The molecule has 4 heterocycles. The minimum absolute atomic E-state index is 0. The molecule has 0 aromatic rings. The Morgan fingerprint density at radius 2 is 1.97 bits per heavy atom. The molecule has 3 fully saturated rings. The number of amides is 3. The van der Waals surface area contributed by atoms with Crippen LogP contribution in [0.4, 0.5) is 0 Å². The third kappa shape index (κ3) is 3.55. The molecular formula is C19H24N3NaO6S. The van der Waals surface area contributed by atoms with Gasteiger partial charge in [0.15, 0.2) is 0 Å². The van der Waals surface area contributed by atoms with E-state index in [4.69, 9.17) is 0 Å². The number of aliphatic carboxylic acids is 1. The van der Waals surface area contributed by atoms with Gasteiger partial charge in [0.2, 0.25) is 17.7 Å². The van der Waals surface area contributed by atoms with Crippen LogP contribution in [0.15, 0.2) is 10.6 Å². The van der Waals surface area contributed by atoms with Gasteiger partial charge in [-0.2, -0.15) is 0 Å². The van der Waals surface area contributed by atoms with Crippen LogP contribution in [0.5, 0.6) is 0 Å². The number of rotatable bonds is 5. The molecule has 11 heteroatoms. The number of thioether (sulfide) groups is 1. The van der Waals surface area contributed by atoms with Crippen molar-refractivity contribution in [1.82, 2.24) is 15.1 Å². The molecule has 0 bridgehead atoms. The van der Waals surface area contributed by atoms with Crippen LogP contribution in [0, 0.1) is 17.8 Å². The number of likely N-dealkylation sites (tertiary alicyclic amines) is 1. The number of carbonyl (C=O) groups is 4. The third-order valence-electron chi connectivity index (χ3n) is 6.62. The number of carboxylic acid groups (broad SMARTS) is 1. The van der Waals surface area contributed by atoms with E-state index in [1.54, 1.807) is 6.92 Å². The molecular weight excluding hydrogens is 421 g/mol. The molecule has 30 heavy (non-hydrogen) atoms. The number of imide groups is 1. The first kappa shape index (κ1) is 23.7. The number of nitrogens with one attached hydrogen (secondary N) is 1. The zero-order chi connectivity index (χ0) is 21.2. The molecule has 0 aliphatic carbocycles. The van der Waals surface area contributed by atoms with Crippen molar-refractivity contribution in [3.63, 3.8) is 0 Å². The minimum Gasteiger partial charge on any atom is -0.543 e. The summed E-state index contributed by atoms with van der Waals surface area (Å²) in [4.78, 5) is 51.3. The average molecular weight is 445 g/mol. The predicted octanol–water partition coefficient (Wildman–Crippen LogP) is -4.72. The molecule has 9 nitrogen and oxygen atoms in total. The van der Waals surface area contributed by atoms with Crippen molar-refractivity contribution in [2.24, 2.45) is 17.8 Å². The fourth-order valence-electron chi connectivity index (χ4n) is 5.08.